The van der Waals surface area contributed by atoms with E-state index in [-0.39, 0.29) is 5.56 Å². The Morgan fingerprint density at radius 2 is 1.58 bits per heavy atom. The van der Waals surface area contributed by atoms with Crippen molar-refractivity contribution in [3.63, 3.8) is 0 Å². The van der Waals surface area contributed by atoms with Gasteiger partial charge < -0.3 is 0 Å². The van der Waals surface area contributed by atoms with Crippen LogP contribution in [-0.2, 0) is 6.18 Å². The molecule has 1 amide bonds. The standard InChI is InChI=1S/C17H13ClF3NOS/c1-2-24-16(12-5-9-14(18)10-6-12)22-15(23)11-3-7-13(8-4-11)17(19,20)21/h3-10H,2H2,1H3. The molecule has 2 aromatic carbocycles. The normalized spacial score (nSPS) is 12.3. The van der Waals surface area contributed by atoms with Gasteiger partial charge in [0.2, 0.25) is 0 Å². The van der Waals surface area contributed by atoms with Crippen LogP contribution in [0.4, 0.5) is 13.2 Å². The molecule has 0 saturated heterocycles. The Morgan fingerprint density at radius 3 is 2.08 bits per heavy atom. The average molecular weight is 372 g/mol. The van der Waals surface area contributed by atoms with E-state index in [0.717, 1.165) is 29.8 Å². The van der Waals surface area contributed by atoms with Gasteiger partial charge in [-0.2, -0.15) is 13.2 Å². The van der Waals surface area contributed by atoms with Crippen LogP contribution >= 0.6 is 23.4 Å². The van der Waals surface area contributed by atoms with Crippen LogP contribution in [0.1, 0.15) is 28.4 Å². The van der Waals surface area contributed by atoms with E-state index in [0.29, 0.717) is 15.8 Å². The zero-order chi connectivity index (χ0) is 17.7. The monoisotopic (exact) mass is 371 g/mol. The fourth-order valence-corrected chi connectivity index (χ4v) is 2.72. The summed E-state index contributed by atoms with van der Waals surface area (Å²) >= 11 is 7.21. The number of benzene rings is 2. The molecule has 0 N–H and O–H groups in total. The number of carbonyl (C=O) groups excluding carboxylic acids is 1. The summed E-state index contributed by atoms with van der Waals surface area (Å²) in [7, 11) is 0. The molecular formula is C17H13ClF3NOS. The fraction of sp³-hybridized carbons (Fsp3) is 0.176. The SMILES string of the molecule is CCSC(=NC(=O)c1ccc(C(F)(F)F)cc1)c1ccc(Cl)cc1. The van der Waals surface area contributed by atoms with Gasteiger partial charge in [-0.1, -0.05) is 30.7 Å². The number of carbonyl (C=O) groups is 1. The van der Waals surface area contributed by atoms with Crippen LogP contribution in [-0.4, -0.2) is 16.7 Å². The summed E-state index contributed by atoms with van der Waals surface area (Å²) < 4.78 is 37.7. The molecule has 7 heteroatoms. The Kier molecular flexibility index (Phi) is 6.07. The molecule has 2 rings (SSSR count). The van der Waals surface area contributed by atoms with Gasteiger partial charge in [-0.15, -0.1) is 11.8 Å². The van der Waals surface area contributed by atoms with Crippen LogP contribution in [0.15, 0.2) is 53.5 Å². The fourth-order valence-electron chi connectivity index (χ4n) is 1.87. The number of thioether (sulfide) groups is 1. The van der Waals surface area contributed by atoms with Crippen molar-refractivity contribution in [1.29, 1.82) is 0 Å². The second-order valence-corrected chi connectivity index (χ2v) is 6.43. The number of alkyl halides is 3. The molecule has 0 aliphatic heterocycles. The summed E-state index contributed by atoms with van der Waals surface area (Å²) in [5.74, 6) is 0.108. The summed E-state index contributed by atoms with van der Waals surface area (Å²) in [6.07, 6.45) is -4.43. The Balaban J connectivity index is 2.28. The first-order chi connectivity index (χ1) is 11.3. The predicted octanol–water partition coefficient (Wildman–Crippen LogP) is 5.70. The van der Waals surface area contributed by atoms with Gasteiger partial charge in [-0.3, -0.25) is 4.79 Å². The van der Waals surface area contributed by atoms with Crippen molar-refractivity contribution in [2.75, 3.05) is 5.75 Å². The van der Waals surface area contributed by atoms with E-state index >= 15 is 0 Å². The smallest absolute Gasteiger partial charge is 0.267 e. The number of hydrogen-bond donors (Lipinski definition) is 0. The van der Waals surface area contributed by atoms with Gasteiger partial charge in [-0.05, 0) is 42.2 Å². The molecule has 24 heavy (non-hydrogen) atoms. The lowest BCUT2D eigenvalue weighted by molar-refractivity contribution is -0.137. The predicted molar refractivity (Wildman–Crippen MR) is 91.9 cm³/mol. The lowest BCUT2D eigenvalue weighted by Gasteiger charge is -2.07. The highest BCUT2D eigenvalue weighted by atomic mass is 35.5. The second kappa shape index (κ2) is 7.85. The summed E-state index contributed by atoms with van der Waals surface area (Å²) in [6, 6.07) is 10.9. The molecule has 0 spiro atoms. The van der Waals surface area contributed by atoms with Crippen molar-refractivity contribution < 1.29 is 18.0 Å². The third-order valence-corrected chi connectivity index (χ3v) is 4.18. The van der Waals surface area contributed by atoms with E-state index in [1.807, 2.05) is 6.92 Å². The highest BCUT2D eigenvalue weighted by Gasteiger charge is 2.30. The maximum Gasteiger partial charge on any atom is 0.416 e. The third-order valence-electron chi connectivity index (χ3n) is 3.03. The largest absolute Gasteiger partial charge is 0.416 e. The lowest BCUT2D eigenvalue weighted by Crippen LogP contribution is -2.06. The molecule has 0 atom stereocenters. The number of halogens is 4. The zero-order valence-corrected chi connectivity index (χ0v) is 14.2. The van der Waals surface area contributed by atoms with Crippen molar-refractivity contribution in [2.45, 2.75) is 13.1 Å². The second-order valence-electron chi connectivity index (χ2n) is 4.74. The maximum atomic E-state index is 12.6. The molecular weight excluding hydrogens is 359 g/mol. The van der Waals surface area contributed by atoms with Gasteiger partial charge >= 0.3 is 6.18 Å². The zero-order valence-electron chi connectivity index (χ0n) is 12.6. The minimum absolute atomic E-state index is 0.103. The van der Waals surface area contributed by atoms with Crippen LogP contribution in [0.5, 0.6) is 0 Å². The van der Waals surface area contributed by atoms with Crippen LogP contribution < -0.4 is 0 Å². The highest BCUT2D eigenvalue weighted by Crippen LogP contribution is 2.29. The van der Waals surface area contributed by atoms with Crippen LogP contribution in [0.2, 0.25) is 5.02 Å². The Hall–Kier alpha value is -1.79. The highest BCUT2D eigenvalue weighted by molar-refractivity contribution is 8.14. The van der Waals surface area contributed by atoms with Crippen LogP contribution in [0, 0.1) is 0 Å². The first kappa shape index (κ1) is 18.5. The number of aliphatic imine (C=N–C) groups is 1. The van der Waals surface area contributed by atoms with E-state index < -0.39 is 17.6 Å². The molecule has 0 saturated carbocycles. The lowest BCUT2D eigenvalue weighted by atomic mass is 10.1. The minimum Gasteiger partial charge on any atom is -0.267 e. The summed E-state index contributed by atoms with van der Waals surface area (Å²) in [5, 5.41) is 1.06. The first-order valence-corrected chi connectivity index (χ1v) is 8.36. The van der Waals surface area contributed by atoms with Gasteiger partial charge in [-0.25, -0.2) is 4.99 Å². The molecule has 0 radical (unpaired) electrons. The third kappa shape index (κ3) is 4.85. The quantitative estimate of drug-likeness (QED) is 0.511. The summed E-state index contributed by atoms with van der Waals surface area (Å²) in [5.41, 5.74) is 0.0292. The molecule has 0 aliphatic carbocycles. The van der Waals surface area contributed by atoms with Gasteiger partial charge in [0.15, 0.2) is 0 Å². The topological polar surface area (TPSA) is 29.4 Å². The maximum absolute atomic E-state index is 12.6. The number of rotatable bonds is 3. The van der Waals surface area contributed by atoms with E-state index in [4.69, 9.17) is 11.6 Å². The summed E-state index contributed by atoms with van der Waals surface area (Å²) in [6.45, 7) is 1.92. The van der Waals surface area contributed by atoms with Gasteiger partial charge in [0, 0.05) is 16.1 Å². The molecule has 2 aromatic rings. The first-order valence-electron chi connectivity index (χ1n) is 7.00. The number of nitrogens with zero attached hydrogens (tertiary/aromatic N) is 1. The van der Waals surface area contributed by atoms with Gasteiger partial charge in [0.25, 0.3) is 5.91 Å². The summed E-state index contributed by atoms with van der Waals surface area (Å²) in [4.78, 5) is 16.3. The minimum atomic E-state index is -4.43. The molecule has 0 unspecified atom stereocenters. The van der Waals surface area contributed by atoms with Crippen LogP contribution in [0.3, 0.4) is 0 Å². The van der Waals surface area contributed by atoms with Crippen molar-refractivity contribution in [3.05, 3.63) is 70.2 Å². The van der Waals surface area contributed by atoms with E-state index in [9.17, 15) is 18.0 Å². The number of amides is 1. The Morgan fingerprint density at radius 1 is 1.04 bits per heavy atom. The van der Waals surface area contributed by atoms with Gasteiger partial charge in [0.05, 0.1) is 5.56 Å². The molecule has 126 valence electrons. The van der Waals surface area contributed by atoms with Gasteiger partial charge in [0.1, 0.15) is 5.04 Å². The van der Waals surface area contributed by atoms with E-state index in [1.165, 1.54) is 11.8 Å². The number of hydrogen-bond acceptors (Lipinski definition) is 2. The molecule has 0 bridgehead atoms. The van der Waals surface area contributed by atoms with Crippen molar-refractivity contribution >= 4 is 34.3 Å². The molecule has 0 aromatic heterocycles. The molecule has 0 heterocycles. The van der Waals surface area contributed by atoms with Crippen molar-refractivity contribution in [1.82, 2.24) is 0 Å². The Labute approximate surface area is 146 Å². The van der Waals surface area contributed by atoms with E-state index in [1.54, 1.807) is 24.3 Å². The molecule has 0 fully saturated rings. The molecule has 2 nitrogen and oxygen atoms in total. The molecule has 0 aliphatic rings. The van der Waals surface area contributed by atoms with Crippen molar-refractivity contribution in [3.8, 4) is 0 Å². The Bertz CT molecular complexity index is 740. The van der Waals surface area contributed by atoms with Crippen LogP contribution in [0.25, 0.3) is 0 Å². The van der Waals surface area contributed by atoms with E-state index in [2.05, 4.69) is 4.99 Å². The van der Waals surface area contributed by atoms with Crippen molar-refractivity contribution in [2.24, 2.45) is 4.99 Å². The average Bonchev–Trinajstić information content (AvgIpc) is 2.54.